The minimum absolute atomic E-state index is 0.00982. The Bertz CT molecular complexity index is 1100. The molecule has 2 rings (SSSR count). The van der Waals surface area contributed by atoms with Crippen LogP contribution in [0.5, 0.6) is 5.75 Å². The summed E-state index contributed by atoms with van der Waals surface area (Å²) in [5.41, 5.74) is 0.951. The van der Waals surface area contributed by atoms with E-state index in [1.165, 1.54) is 43.3 Å². The van der Waals surface area contributed by atoms with E-state index >= 15 is 0 Å². The molecular formula is C18H23N3O6S2. The van der Waals surface area contributed by atoms with Crippen LogP contribution in [-0.4, -0.2) is 35.4 Å². The third-order valence-electron chi connectivity index (χ3n) is 3.93. The second kappa shape index (κ2) is 8.91. The summed E-state index contributed by atoms with van der Waals surface area (Å²) in [5, 5.41) is 7.53. The SMILES string of the molecule is CCOc1ccc(S(=O)(=O)N[C@@H](C)C(=O)Nc2ccc(S(N)(=O)=O)cc2)cc1C. The first-order chi connectivity index (χ1) is 13.4. The third kappa shape index (κ3) is 6.00. The first-order valence-corrected chi connectivity index (χ1v) is 11.7. The highest BCUT2D eigenvalue weighted by atomic mass is 32.2. The smallest absolute Gasteiger partial charge is 0.242 e. The first-order valence-electron chi connectivity index (χ1n) is 8.63. The maximum Gasteiger partial charge on any atom is 0.242 e. The summed E-state index contributed by atoms with van der Waals surface area (Å²) in [7, 11) is -7.78. The van der Waals surface area contributed by atoms with Crippen molar-refractivity contribution < 1.29 is 26.4 Å². The molecule has 9 nitrogen and oxygen atoms in total. The van der Waals surface area contributed by atoms with E-state index in [4.69, 9.17) is 9.88 Å². The standard InChI is InChI=1S/C18H23N3O6S2/c1-4-27-17-10-9-16(11-12(17)2)29(25,26)21-13(3)18(22)20-14-5-7-15(8-6-14)28(19,23)24/h5-11,13,21H,4H2,1-3H3,(H,20,22)(H2,19,23,24)/t13-/m0/s1. The van der Waals surface area contributed by atoms with E-state index in [9.17, 15) is 21.6 Å². The fourth-order valence-corrected chi connectivity index (χ4v) is 4.24. The number of aryl methyl sites for hydroxylation is 1. The minimum atomic E-state index is -3.94. The zero-order valence-electron chi connectivity index (χ0n) is 16.2. The minimum Gasteiger partial charge on any atom is -0.494 e. The molecule has 4 N–H and O–H groups in total. The topological polar surface area (TPSA) is 145 Å². The van der Waals surface area contributed by atoms with Crippen LogP contribution in [0.2, 0.25) is 0 Å². The van der Waals surface area contributed by atoms with Gasteiger partial charge in [0.05, 0.1) is 22.4 Å². The molecule has 0 saturated heterocycles. The molecule has 0 aromatic heterocycles. The van der Waals surface area contributed by atoms with E-state index < -0.39 is 32.0 Å². The van der Waals surface area contributed by atoms with Gasteiger partial charge in [-0.3, -0.25) is 4.79 Å². The van der Waals surface area contributed by atoms with E-state index in [2.05, 4.69) is 10.0 Å². The van der Waals surface area contributed by atoms with E-state index in [1.807, 2.05) is 6.92 Å². The van der Waals surface area contributed by atoms with Crippen LogP contribution in [0.4, 0.5) is 5.69 Å². The number of carbonyl (C=O) groups excluding carboxylic acids is 1. The molecule has 1 amide bonds. The first kappa shape index (κ1) is 22.8. The van der Waals surface area contributed by atoms with Crippen molar-refractivity contribution >= 4 is 31.6 Å². The Morgan fingerprint density at radius 3 is 2.17 bits per heavy atom. The molecule has 0 bridgehead atoms. The van der Waals surface area contributed by atoms with Gasteiger partial charge in [-0.2, -0.15) is 4.72 Å². The summed E-state index contributed by atoms with van der Waals surface area (Å²) in [5.74, 6) is -0.0280. The second-order valence-electron chi connectivity index (χ2n) is 6.26. The fraction of sp³-hybridized carbons (Fsp3) is 0.278. The maximum absolute atomic E-state index is 12.6. The van der Waals surface area contributed by atoms with Crippen molar-refractivity contribution in [2.24, 2.45) is 5.14 Å². The molecule has 0 heterocycles. The van der Waals surface area contributed by atoms with Crippen molar-refractivity contribution in [2.75, 3.05) is 11.9 Å². The molecule has 0 unspecified atom stereocenters. The van der Waals surface area contributed by atoms with Crippen molar-refractivity contribution in [1.82, 2.24) is 4.72 Å². The predicted molar refractivity (Wildman–Crippen MR) is 109 cm³/mol. The Morgan fingerprint density at radius 2 is 1.66 bits per heavy atom. The molecule has 2 aromatic carbocycles. The number of nitrogens with two attached hydrogens (primary N) is 1. The highest BCUT2D eigenvalue weighted by molar-refractivity contribution is 7.89. The van der Waals surface area contributed by atoms with Crippen LogP contribution in [0.3, 0.4) is 0 Å². The summed E-state index contributed by atoms with van der Waals surface area (Å²) >= 11 is 0. The average Bonchev–Trinajstić information content (AvgIpc) is 2.62. The lowest BCUT2D eigenvalue weighted by Gasteiger charge is -2.15. The second-order valence-corrected chi connectivity index (χ2v) is 9.54. The molecule has 0 aliphatic rings. The Morgan fingerprint density at radius 1 is 1.07 bits per heavy atom. The molecule has 29 heavy (non-hydrogen) atoms. The Balaban J connectivity index is 2.09. The molecular weight excluding hydrogens is 418 g/mol. The molecule has 158 valence electrons. The number of hydrogen-bond acceptors (Lipinski definition) is 6. The van der Waals surface area contributed by atoms with Crippen LogP contribution < -0.4 is 19.9 Å². The van der Waals surface area contributed by atoms with Gasteiger partial charge in [-0.25, -0.2) is 22.0 Å². The summed E-state index contributed by atoms with van der Waals surface area (Å²) in [4.78, 5) is 12.2. The number of benzene rings is 2. The van der Waals surface area contributed by atoms with Crippen LogP contribution in [0.1, 0.15) is 19.4 Å². The van der Waals surface area contributed by atoms with Crippen LogP contribution in [0, 0.1) is 6.92 Å². The van der Waals surface area contributed by atoms with Crippen LogP contribution in [0.25, 0.3) is 0 Å². The highest BCUT2D eigenvalue weighted by Gasteiger charge is 2.23. The van der Waals surface area contributed by atoms with Gasteiger partial charge in [-0.05, 0) is 68.8 Å². The number of sulfonamides is 2. The Labute approximate surface area is 170 Å². The Hall–Kier alpha value is -2.47. The van der Waals surface area contributed by atoms with Gasteiger partial charge in [0.15, 0.2) is 0 Å². The molecule has 0 fully saturated rings. The van der Waals surface area contributed by atoms with Crippen molar-refractivity contribution in [1.29, 1.82) is 0 Å². The lowest BCUT2D eigenvalue weighted by atomic mass is 10.2. The number of nitrogens with one attached hydrogen (secondary N) is 2. The van der Waals surface area contributed by atoms with E-state index in [0.29, 0.717) is 23.6 Å². The number of ether oxygens (including phenoxy) is 1. The third-order valence-corrected chi connectivity index (χ3v) is 6.40. The molecule has 0 radical (unpaired) electrons. The normalized spacial score (nSPS) is 13.0. The van der Waals surface area contributed by atoms with Crippen molar-refractivity contribution in [3.63, 3.8) is 0 Å². The quantitative estimate of drug-likeness (QED) is 0.564. The number of primary sulfonamides is 1. The van der Waals surface area contributed by atoms with E-state index in [1.54, 1.807) is 13.0 Å². The molecule has 2 aromatic rings. The van der Waals surface area contributed by atoms with Crippen LogP contribution in [-0.2, 0) is 24.8 Å². The predicted octanol–water partition coefficient (Wildman–Crippen LogP) is 1.35. The van der Waals surface area contributed by atoms with Gasteiger partial charge in [0.1, 0.15) is 5.75 Å². The summed E-state index contributed by atoms with van der Waals surface area (Å²) in [6, 6.07) is 8.53. The number of hydrogen-bond donors (Lipinski definition) is 3. The van der Waals surface area contributed by atoms with E-state index in [-0.39, 0.29) is 9.79 Å². The molecule has 11 heteroatoms. The molecule has 0 aliphatic carbocycles. The zero-order valence-corrected chi connectivity index (χ0v) is 17.8. The van der Waals surface area contributed by atoms with Crippen molar-refractivity contribution in [2.45, 2.75) is 36.6 Å². The number of rotatable bonds is 8. The number of amides is 1. The summed E-state index contributed by atoms with van der Waals surface area (Å²) < 4.78 is 55.3. The van der Waals surface area contributed by atoms with Gasteiger partial charge in [0, 0.05) is 5.69 Å². The van der Waals surface area contributed by atoms with E-state index in [0.717, 1.165) is 0 Å². The molecule has 0 spiro atoms. The van der Waals surface area contributed by atoms with Gasteiger partial charge < -0.3 is 10.1 Å². The van der Waals surface area contributed by atoms with Gasteiger partial charge in [0.25, 0.3) is 0 Å². The average molecular weight is 442 g/mol. The lowest BCUT2D eigenvalue weighted by molar-refractivity contribution is -0.117. The molecule has 0 aliphatic heterocycles. The largest absolute Gasteiger partial charge is 0.494 e. The molecule has 0 saturated carbocycles. The number of carbonyl (C=O) groups is 1. The maximum atomic E-state index is 12.6. The van der Waals surface area contributed by atoms with Gasteiger partial charge in [-0.15, -0.1) is 0 Å². The molecule has 1 atom stereocenters. The summed E-state index contributed by atoms with van der Waals surface area (Å²) in [6.45, 7) is 5.41. The Kier molecular flexibility index (Phi) is 7.01. The van der Waals surface area contributed by atoms with Gasteiger partial charge in [0.2, 0.25) is 26.0 Å². The fourth-order valence-electron chi connectivity index (χ4n) is 2.44. The lowest BCUT2D eigenvalue weighted by Crippen LogP contribution is -2.41. The summed E-state index contributed by atoms with van der Waals surface area (Å²) in [6.07, 6.45) is 0. The van der Waals surface area contributed by atoms with Crippen molar-refractivity contribution in [3.05, 3.63) is 48.0 Å². The highest BCUT2D eigenvalue weighted by Crippen LogP contribution is 2.22. The van der Waals surface area contributed by atoms with Crippen LogP contribution in [0.15, 0.2) is 52.3 Å². The van der Waals surface area contributed by atoms with Gasteiger partial charge >= 0.3 is 0 Å². The van der Waals surface area contributed by atoms with Crippen LogP contribution >= 0.6 is 0 Å². The zero-order chi connectivity index (χ0) is 21.8. The van der Waals surface area contributed by atoms with Crippen molar-refractivity contribution in [3.8, 4) is 5.75 Å². The monoisotopic (exact) mass is 441 g/mol. The number of anilines is 1. The van der Waals surface area contributed by atoms with Gasteiger partial charge in [-0.1, -0.05) is 0 Å².